The van der Waals surface area contributed by atoms with Gasteiger partial charge in [0, 0.05) is 21.9 Å². The van der Waals surface area contributed by atoms with Gasteiger partial charge in [-0.25, -0.2) is 0 Å². The molecular formula is C14H12N2. The van der Waals surface area contributed by atoms with Gasteiger partial charge in [-0.1, -0.05) is 30.3 Å². The van der Waals surface area contributed by atoms with Gasteiger partial charge in [0.25, 0.3) is 0 Å². The van der Waals surface area contributed by atoms with Crippen LogP contribution in [0.2, 0.25) is 0 Å². The Labute approximate surface area is 92.7 Å². The van der Waals surface area contributed by atoms with Crippen molar-refractivity contribution >= 4 is 28.8 Å². The molecule has 16 heavy (non-hydrogen) atoms. The minimum absolute atomic E-state index is 1.14. The SMILES string of the molecule is C/C=c1\c(=C/NN)c2c(c3ccccc13)=C=2. The molecule has 78 valence electrons. The average Bonchev–Trinajstić information content (AvgIpc) is 3.10. The van der Waals surface area contributed by atoms with Crippen LogP contribution in [0, 0.1) is 0 Å². The molecule has 0 spiro atoms. The van der Waals surface area contributed by atoms with E-state index in [2.05, 4.69) is 41.5 Å². The summed E-state index contributed by atoms with van der Waals surface area (Å²) in [5.74, 6) is 5.37. The molecule has 0 bridgehead atoms. The molecule has 0 atom stereocenters. The summed E-state index contributed by atoms with van der Waals surface area (Å²) in [4.78, 5) is 0. The van der Waals surface area contributed by atoms with Crippen LogP contribution in [0.5, 0.6) is 0 Å². The lowest BCUT2D eigenvalue weighted by Gasteiger charge is -1.97. The molecule has 1 aliphatic rings. The van der Waals surface area contributed by atoms with Crippen LogP contribution in [0.15, 0.2) is 24.3 Å². The normalized spacial score (nSPS) is 14.4. The van der Waals surface area contributed by atoms with Crippen LogP contribution < -0.4 is 32.1 Å². The van der Waals surface area contributed by atoms with Gasteiger partial charge < -0.3 is 5.43 Å². The summed E-state index contributed by atoms with van der Waals surface area (Å²) in [5, 5.41) is 7.30. The highest BCUT2D eigenvalue weighted by Crippen LogP contribution is 2.02. The molecule has 2 aromatic rings. The number of nitrogens with two attached hydrogens (primary N) is 1. The summed E-state index contributed by atoms with van der Waals surface area (Å²) in [7, 11) is 0. The second-order valence-electron chi connectivity index (χ2n) is 3.85. The molecule has 3 N–H and O–H groups in total. The van der Waals surface area contributed by atoms with E-state index in [0.717, 1.165) is 5.22 Å². The van der Waals surface area contributed by atoms with Crippen LogP contribution in [0.25, 0.3) is 28.8 Å². The maximum Gasteiger partial charge on any atom is 0.0421 e. The van der Waals surface area contributed by atoms with Gasteiger partial charge in [-0.05, 0) is 22.9 Å². The largest absolute Gasteiger partial charge is 0.331 e. The first-order valence-corrected chi connectivity index (χ1v) is 5.31. The van der Waals surface area contributed by atoms with E-state index in [0.29, 0.717) is 0 Å². The van der Waals surface area contributed by atoms with Crippen LogP contribution in [0.1, 0.15) is 6.92 Å². The Hall–Kier alpha value is -2.02. The van der Waals surface area contributed by atoms with Crippen molar-refractivity contribution in [1.82, 2.24) is 5.43 Å². The number of hydrazine groups is 1. The molecule has 2 aromatic carbocycles. The first kappa shape index (κ1) is 9.22. The summed E-state index contributed by atoms with van der Waals surface area (Å²) in [5.41, 5.74) is 5.93. The molecular weight excluding hydrogens is 196 g/mol. The maximum absolute atomic E-state index is 5.37. The van der Waals surface area contributed by atoms with E-state index in [9.17, 15) is 0 Å². The third-order valence-corrected chi connectivity index (χ3v) is 3.00. The van der Waals surface area contributed by atoms with Gasteiger partial charge in [0.1, 0.15) is 0 Å². The number of benzene rings is 2. The van der Waals surface area contributed by atoms with Gasteiger partial charge in [-0.15, -0.1) is 5.73 Å². The fraction of sp³-hybridized carbons (Fsp3) is 0.0714. The van der Waals surface area contributed by atoms with Crippen molar-refractivity contribution in [3.8, 4) is 0 Å². The second kappa shape index (κ2) is 3.24. The lowest BCUT2D eigenvalue weighted by Crippen LogP contribution is -2.43. The van der Waals surface area contributed by atoms with Gasteiger partial charge in [-0.2, -0.15) is 0 Å². The molecule has 1 aliphatic carbocycles. The van der Waals surface area contributed by atoms with Gasteiger partial charge in [-0.3, -0.25) is 5.84 Å². The molecule has 0 radical (unpaired) electrons. The van der Waals surface area contributed by atoms with Crippen LogP contribution in [-0.4, -0.2) is 0 Å². The quantitative estimate of drug-likeness (QED) is 0.394. The third-order valence-electron chi connectivity index (χ3n) is 3.00. The van der Waals surface area contributed by atoms with E-state index in [1.54, 1.807) is 0 Å². The maximum atomic E-state index is 5.37. The Morgan fingerprint density at radius 2 is 1.88 bits per heavy atom. The number of rotatable bonds is 1. The van der Waals surface area contributed by atoms with Crippen molar-refractivity contribution in [1.29, 1.82) is 0 Å². The molecule has 0 aromatic heterocycles. The van der Waals surface area contributed by atoms with Crippen molar-refractivity contribution < 1.29 is 0 Å². The lowest BCUT2D eigenvalue weighted by atomic mass is 10.1. The van der Waals surface area contributed by atoms with Crippen LogP contribution in [0.4, 0.5) is 0 Å². The first-order chi connectivity index (χ1) is 7.86. The van der Waals surface area contributed by atoms with Crippen molar-refractivity contribution in [2.24, 2.45) is 5.84 Å². The molecule has 0 amide bonds. The molecule has 2 nitrogen and oxygen atoms in total. The van der Waals surface area contributed by atoms with Crippen LogP contribution in [0.3, 0.4) is 0 Å². The highest BCUT2D eigenvalue weighted by Gasteiger charge is 2.06. The molecule has 2 heteroatoms. The second-order valence-corrected chi connectivity index (χ2v) is 3.85. The highest BCUT2D eigenvalue weighted by molar-refractivity contribution is 5.87. The molecule has 3 rings (SSSR count). The Morgan fingerprint density at radius 1 is 1.12 bits per heavy atom. The van der Waals surface area contributed by atoms with Crippen molar-refractivity contribution in [3.05, 3.63) is 45.1 Å². The minimum Gasteiger partial charge on any atom is -0.331 e. The molecule has 0 saturated carbocycles. The molecule has 0 unspecified atom stereocenters. The summed E-state index contributed by atoms with van der Waals surface area (Å²) < 4.78 is 0. The zero-order valence-corrected chi connectivity index (χ0v) is 9.04. The smallest absolute Gasteiger partial charge is 0.0421 e. The van der Waals surface area contributed by atoms with Crippen LogP contribution in [-0.2, 0) is 0 Å². The van der Waals surface area contributed by atoms with E-state index in [-0.39, 0.29) is 0 Å². The summed E-state index contributed by atoms with van der Waals surface area (Å²) in [6.07, 6.45) is 3.95. The van der Waals surface area contributed by atoms with Gasteiger partial charge in [0.05, 0.1) is 0 Å². The predicted octanol–water partition coefficient (Wildman–Crippen LogP) is -1.09. The fourth-order valence-corrected chi connectivity index (χ4v) is 2.26. The summed E-state index contributed by atoms with van der Waals surface area (Å²) >= 11 is 0. The number of fused-ring (bicyclic) bond motifs is 3. The molecule has 0 heterocycles. The zero-order valence-electron chi connectivity index (χ0n) is 9.04. The predicted molar refractivity (Wildman–Crippen MR) is 66.9 cm³/mol. The minimum atomic E-state index is 1.14. The number of hydrogen-bond acceptors (Lipinski definition) is 2. The van der Waals surface area contributed by atoms with E-state index in [4.69, 9.17) is 5.84 Å². The number of nitrogens with one attached hydrogen (secondary N) is 1. The Bertz CT molecular complexity index is 826. The number of hydrogen-bond donors (Lipinski definition) is 2. The average molecular weight is 208 g/mol. The Kier molecular flexibility index (Phi) is 1.87. The first-order valence-electron chi connectivity index (χ1n) is 5.31. The molecule has 0 saturated heterocycles. The summed E-state index contributed by atoms with van der Waals surface area (Å²) in [6, 6.07) is 8.40. The third kappa shape index (κ3) is 1.12. The monoisotopic (exact) mass is 208 g/mol. The standard InChI is InChI=1S/C14H12N2/c1-2-9-10-5-3-4-6-11(10)12-7-13(12)14(9)8-16-15/h2-6,8,16H,15H2,1H3/b9-2-,14-8+. The van der Waals surface area contributed by atoms with Crippen molar-refractivity contribution in [2.75, 3.05) is 0 Å². The van der Waals surface area contributed by atoms with Crippen molar-refractivity contribution in [3.63, 3.8) is 0 Å². The molecule has 0 aliphatic heterocycles. The summed E-state index contributed by atoms with van der Waals surface area (Å²) in [6.45, 7) is 2.05. The van der Waals surface area contributed by atoms with Gasteiger partial charge in [0.15, 0.2) is 0 Å². The van der Waals surface area contributed by atoms with E-state index in [1.165, 1.54) is 26.4 Å². The van der Waals surface area contributed by atoms with Gasteiger partial charge >= 0.3 is 0 Å². The fourth-order valence-electron chi connectivity index (χ4n) is 2.26. The highest BCUT2D eigenvalue weighted by atomic mass is 15.2. The molecule has 0 fully saturated rings. The van der Waals surface area contributed by atoms with Gasteiger partial charge in [0.2, 0.25) is 0 Å². The Balaban J connectivity index is 2.65. The van der Waals surface area contributed by atoms with E-state index < -0.39 is 0 Å². The van der Waals surface area contributed by atoms with E-state index in [1.807, 2.05) is 13.1 Å². The van der Waals surface area contributed by atoms with Crippen molar-refractivity contribution in [2.45, 2.75) is 6.92 Å². The topological polar surface area (TPSA) is 38.0 Å². The van der Waals surface area contributed by atoms with E-state index >= 15 is 0 Å². The Morgan fingerprint density at radius 3 is 2.56 bits per heavy atom. The van der Waals surface area contributed by atoms with Crippen LogP contribution >= 0.6 is 0 Å². The lowest BCUT2D eigenvalue weighted by molar-refractivity contribution is 1.02. The zero-order chi connectivity index (χ0) is 11.1.